The van der Waals surface area contributed by atoms with Gasteiger partial charge in [-0.1, -0.05) is 33.6 Å². The van der Waals surface area contributed by atoms with Crippen LogP contribution >= 0.6 is 0 Å². The zero-order chi connectivity index (χ0) is 13.2. The Kier molecular flexibility index (Phi) is 4.38. The minimum atomic E-state index is 0.216. The maximum atomic E-state index is 9.83. The topological polar surface area (TPSA) is 23.5 Å². The van der Waals surface area contributed by atoms with Crippen molar-refractivity contribution in [1.29, 1.82) is 0 Å². The highest BCUT2D eigenvalue weighted by molar-refractivity contribution is 4.89. The van der Waals surface area contributed by atoms with Crippen LogP contribution in [-0.4, -0.2) is 36.2 Å². The van der Waals surface area contributed by atoms with Gasteiger partial charge in [0.25, 0.3) is 0 Å². The van der Waals surface area contributed by atoms with E-state index in [-0.39, 0.29) is 5.41 Å². The minimum absolute atomic E-state index is 0.216. The molecule has 0 radical (unpaired) electrons. The van der Waals surface area contributed by atoms with Gasteiger partial charge < -0.3 is 10.0 Å². The van der Waals surface area contributed by atoms with Gasteiger partial charge in [0.05, 0.1) is 0 Å². The summed E-state index contributed by atoms with van der Waals surface area (Å²) < 4.78 is 0. The van der Waals surface area contributed by atoms with Crippen LogP contribution in [0.1, 0.15) is 59.3 Å². The lowest BCUT2D eigenvalue weighted by Gasteiger charge is -2.45. The molecule has 1 N–H and O–H groups in total. The van der Waals surface area contributed by atoms with Crippen LogP contribution in [0.25, 0.3) is 0 Å². The quantitative estimate of drug-likeness (QED) is 0.834. The van der Waals surface area contributed by atoms with E-state index in [1.165, 1.54) is 51.6 Å². The third-order valence-electron chi connectivity index (χ3n) is 5.44. The lowest BCUT2D eigenvalue weighted by molar-refractivity contribution is 0.0114. The molecule has 2 nitrogen and oxygen atoms in total. The molecule has 0 amide bonds. The average molecular weight is 253 g/mol. The second kappa shape index (κ2) is 5.50. The highest BCUT2D eigenvalue weighted by Gasteiger charge is 2.36. The largest absolute Gasteiger partial charge is 0.396 e. The van der Waals surface area contributed by atoms with E-state index in [1.54, 1.807) is 0 Å². The highest BCUT2D eigenvalue weighted by atomic mass is 16.3. The van der Waals surface area contributed by atoms with E-state index in [4.69, 9.17) is 0 Å². The van der Waals surface area contributed by atoms with Gasteiger partial charge in [-0.05, 0) is 50.1 Å². The summed E-state index contributed by atoms with van der Waals surface area (Å²) in [6.45, 7) is 11.1. The Bertz CT molecular complexity index is 256. The van der Waals surface area contributed by atoms with Crippen molar-refractivity contribution in [2.45, 2.75) is 59.3 Å². The molecule has 2 rings (SSSR count). The lowest BCUT2D eigenvalue weighted by atomic mass is 9.70. The first kappa shape index (κ1) is 14.3. The number of nitrogens with zero attached hydrogens (tertiary/aromatic N) is 1. The van der Waals surface area contributed by atoms with Gasteiger partial charge in [0.15, 0.2) is 0 Å². The predicted octanol–water partition coefficient (Wildman–Crippen LogP) is 3.30. The van der Waals surface area contributed by atoms with E-state index < -0.39 is 0 Å². The fourth-order valence-electron chi connectivity index (χ4n) is 3.53. The maximum Gasteiger partial charge on any atom is 0.0499 e. The molecule has 0 atom stereocenters. The van der Waals surface area contributed by atoms with Gasteiger partial charge in [-0.3, -0.25) is 0 Å². The predicted molar refractivity (Wildman–Crippen MR) is 76.6 cm³/mol. The summed E-state index contributed by atoms with van der Waals surface area (Å²) >= 11 is 0. The molecule has 1 aliphatic carbocycles. The molecule has 0 spiro atoms. The summed E-state index contributed by atoms with van der Waals surface area (Å²) in [5.74, 6) is 0.866. The van der Waals surface area contributed by atoms with Gasteiger partial charge in [0, 0.05) is 18.6 Å². The molecular formula is C16H31NO. The molecule has 1 saturated heterocycles. The van der Waals surface area contributed by atoms with Crippen molar-refractivity contribution in [1.82, 2.24) is 4.90 Å². The monoisotopic (exact) mass is 253 g/mol. The first-order valence-electron chi connectivity index (χ1n) is 7.78. The van der Waals surface area contributed by atoms with Crippen molar-refractivity contribution in [2.75, 3.05) is 26.2 Å². The molecule has 2 heteroatoms. The van der Waals surface area contributed by atoms with E-state index >= 15 is 0 Å². The highest BCUT2D eigenvalue weighted by Crippen LogP contribution is 2.40. The van der Waals surface area contributed by atoms with Crippen LogP contribution in [0.3, 0.4) is 0 Å². The van der Waals surface area contributed by atoms with Crippen LogP contribution in [0.15, 0.2) is 0 Å². The molecule has 2 aliphatic rings. The van der Waals surface area contributed by atoms with Gasteiger partial charge in [-0.2, -0.15) is 0 Å². The Morgan fingerprint density at radius 1 is 1.06 bits per heavy atom. The van der Waals surface area contributed by atoms with Gasteiger partial charge in [0.2, 0.25) is 0 Å². The fraction of sp³-hybridized carbons (Fsp3) is 1.00. The first-order chi connectivity index (χ1) is 8.45. The van der Waals surface area contributed by atoms with Gasteiger partial charge >= 0.3 is 0 Å². The molecule has 0 aromatic rings. The first-order valence-corrected chi connectivity index (χ1v) is 7.78. The van der Waals surface area contributed by atoms with Crippen molar-refractivity contribution in [3.05, 3.63) is 0 Å². The normalized spacial score (nSPS) is 37.7. The van der Waals surface area contributed by atoms with Crippen LogP contribution in [0.4, 0.5) is 0 Å². The summed E-state index contributed by atoms with van der Waals surface area (Å²) in [6, 6.07) is 0. The van der Waals surface area contributed by atoms with Crippen LogP contribution in [0, 0.1) is 16.7 Å². The van der Waals surface area contributed by atoms with Crippen molar-refractivity contribution < 1.29 is 5.11 Å². The summed E-state index contributed by atoms with van der Waals surface area (Å²) in [7, 11) is 0. The number of aliphatic hydroxyl groups excluding tert-OH is 1. The van der Waals surface area contributed by atoms with Gasteiger partial charge in [0.1, 0.15) is 0 Å². The maximum absolute atomic E-state index is 9.83. The lowest BCUT2D eigenvalue weighted by Crippen LogP contribution is -2.46. The SMILES string of the molecule is CC1CCC(CO)(CN2CCC(C)(C)CC2)CC1. The summed E-state index contributed by atoms with van der Waals surface area (Å²) in [5, 5.41) is 9.83. The zero-order valence-corrected chi connectivity index (χ0v) is 12.5. The van der Waals surface area contributed by atoms with Crippen molar-refractivity contribution >= 4 is 0 Å². The molecule has 18 heavy (non-hydrogen) atoms. The van der Waals surface area contributed by atoms with Crippen molar-refractivity contribution in [2.24, 2.45) is 16.7 Å². The van der Waals surface area contributed by atoms with Gasteiger partial charge in [-0.25, -0.2) is 0 Å². The van der Waals surface area contributed by atoms with Gasteiger partial charge in [-0.15, -0.1) is 0 Å². The smallest absolute Gasteiger partial charge is 0.0499 e. The molecule has 1 aliphatic heterocycles. The third kappa shape index (κ3) is 3.48. The van der Waals surface area contributed by atoms with E-state index in [1.807, 2.05) is 0 Å². The van der Waals surface area contributed by atoms with Crippen LogP contribution in [-0.2, 0) is 0 Å². The Balaban J connectivity index is 1.87. The Hall–Kier alpha value is -0.0800. The summed E-state index contributed by atoms with van der Waals surface area (Å²) in [6.07, 6.45) is 7.69. The van der Waals surface area contributed by atoms with E-state index in [2.05, 4.69) is 25.7 Å². The number of piperidine rings is 1. The van der Waals surface area contributed by atoms with Crippen LogP contribution in [0.2, 0.25) is 0 Å². The second-order valence-corrected chi connectivity index (χ2v) is 7.78. The van der Waals surface area contributed by atoms with Crippen LogP contribution < -0.4 is 0 Å². The summed E-state index contributed by atoms with van der Waals surface area (Å²) in [5.41, 5.74) is 0.748. The van der Waals surface area contributed by atoms with Crippen molar-refractivity contribution in [3.63, 3.8) is 0 Å². The van der Waals surface area contributed by atoms with E-state index in [0.29, 0.717) is 12.0 Å². The number of hydrogen-bond acceptors (Lipinski definition) is 2. The van der Waals surface area contributed by atoms with E-state index in [9.17, 15) is 5.11 Å². The molecule has 0 aromatic carbocycles. The van der Waals surface area contributed by atoms with E-state index in [0.717, 1.165) is 12.5 Å². The Labute approximate surface area is 113 Å². The Morgan fingerprint density at radius 2 is 1.61 bits per heavy atom. The molecule has 2 fully saturated rings. The molecular weight excluding hydrogens is 222 g/mol. The molecule has 0 unspecified atom stereocenters. The number of aliphatic hydroxyl groups is 1. The molecule has 1 heterocycles. The summed E-state index contributed by atoms with van der Waals surface area (Å²) in [4.78, 5) is 2.61. The third-order valence-corrected chi connectivity index (χ3v) is 5.44. The second-order valence-electron chi connectivity index (χ2n) is 7.78. The molecule has 106 valence electrons. The Morgan fingerprint density at radius 3 is 2.11 bits per heavy atom. The zero-order valence-electron chi connectivity index (χ0n) is 12.5. The minimum Gasteiger partial charge on any atom is -0.396 e. The molecule has 1 saturated carbocycles. The number of rotatable bonds is 3. The molecule has 0 bridgehead atoms. The standard InChI is InChI=1S/C16H31NO/c1-14-4-6-16(13-18,7-5-14)12-17-10-8-15(2,3)9-11-17/h14,18H,4-13H2,1-3H3. The average Bonchev–Trinajstić information content (AvgIpc) is 2.35. The van der Waals surface area contributed by atoms with Crippen LogP contribution in [0.5, 0.6) is 0 Å². The fourth-order valence-corrected chi connectivity index (χ4v) is 3.53. The molecule has 0 aromatic heterocycles. The van der Waals surface area contributed by atoms with Crippen molar-refractivity contribution in [3.8, 4) is 0 Å². The number of likely N-dealkylation sites (tertiary alicyclic amines) is 1. The number of hydrogen-bond donors (Lipinski definition) is 1.